The van der Waals surface area contributed by atoms with E-state index < -0.39 is 0 Å². The third-order valence-electron chi connectivity index (χ3n) is 2.51. The van der Waals surface area contributed by atoms with Crippen molar-refractivity contribution in [2.75, 3.05) is 7.05 Å². The summed E-state index contributed by atoms with van der Waals surface area (Å²) in [6.45, 7) is 7.42. The molecule has 3 heteroatoms. The second-order valence-electron chi connectivity index (χ2n) is 3.23. The van der Waals surface area contributed by atoms with Crippen molar-refractivity contribution in [1.82, 2.24) is 15.1 Å². The predicted molar refractivity (Wildman–Crippen MR) is 54.8 cm³/mol. The molecule has 0 bridgehead atoms. The van der Waals surface area contributed by atoms with E-state index in [9.17, 15) is 0 Å². The highest BCUT2D eigenvalue weighted by Crippen LogP contribution is 2.17. The fourth-order valence-electron chi connectivity index (χ4n) is 1.60. The van der Waals surface area contributed by atoms with Crippen molar-refractivity contribution in [2.45, 2.75) is 39.8 Å². The zero-order valence-electron chi connectivity index (χ0n) is 8.96. The van der Waals surface area contributed by atoms with Crippen molar-refractivity contribution in [3.8, 4) is 0 Å². The average Bonchev–Trinajstić information content (AvgIpc) is 2.58. The standard InChI is InChI=1S/C10H19N3/c1-5-10-9(8(3)11-4)7-12-13(10)6-2/h7-8,11H,5-6H2,1-4H3. The lowest BCUT2D eigenvalue weighted by atomic mass is 10.1. The molecule has 0 radical (unpaired) electrons. The van der Waals surface area contributed by atoms with Gasteiger partial charge in [0.15, 0.2) is 0 Å². The van der Waals surface area contributed by atoms with Crippen LogP contribution in [0.5, 0.6) is 0 Å². The largest absolute Gasteiger partial charge is 0.313 e. The minimum absolute atomic E-state index is 0.398. The monoisotopic (exact) mass is 181 g/mol. The molecule has 1 unspecified atom stereocenters. The second-order valence-corrected chi connectivity index (χ2v) is 3.23. The van der Waals surface area contributed by atoms with E-state index in [2.05, 4.69) is 35.9 Å². The SMILES string of the molecule is CCc1c(C(C)NC)cnn1CC. The van der Waals surface area contributed by atoms with Crippen LogP contribution in [0.15, 0.2) is 6.20 Å². The molecule has 1 atom stereocenters. The highest BCUT2D eigenvalue weighted by molar-refractivity contribution is 5.21. The fourth-order valence-corrected chi connectivity index (χ4v) is 1.60. The average molecular weight is 181 g/mol. The summed E-state index contributed by atoms with van der Waals surface area (Å²) in [4.78, 5) is 0. The van der Waals surface area contributed by atoms with Crippen molar-refractivity contribution in [2.24, 2.45) is 0 Å². The van der Waals surface area contributed by atoms with Crippen molar-refractivity contribution in [3.63, 3.8) is 0 Å². The number of nitrogens with zero attached hydrogens (tertiary/aromatic N) is 2. The van der Waals surface area contributed by atoms with Crippen LogP contribution in [0.4, 0.5) is 0 Å². The Balaban J connectivity index is 3.00. The minimum Gasteiger partial charge on any atom is -0.313 e. The van der Waals surface area contributed by atoms with E-state index in [4.69, 9.17) is 0 Å². The summed E-state index contributed by atoms with van der Waals surface area (Å²) < 4.78 is 2.07. The van der Waals surface area contributed by atoms with Crippen LogP contribution in [-0.4, -0.2) is 16.8 Å². The minimum atomic E-state index is 0.398. The molecule has 3 nitrogen and oxygen atoms in total. The van der Waals surface area contributed by atoms with Crippen molar-refractivity contribution >= 4 is 0 Å². The van der Waals surface area contributed by atoms with Gasteiger partial charge in [-0.2, -0.15) is 5.10 Å². The van der Waals surface area contributed by atoms with E-state index in [0.717, 1.165) is 13.0 Å². The summed E-state index contributed by atoms with van der Waals surface area (Å²) in [5, 5.41) is 7.59. The molecule has 0 aliphatic carbocycles. The van der Waals surface area contributed by atoms with Crippen LogP contribution in [0.2, 0.25) is 0 Å². The Kier molecular flexibility index (Phi) is 3.48. The first kappa shape index (κ1) is 10.3. The van der Waals surface area contributed by atoms with Gasteiger partial charge in [0.25, 0.3) is 0 Å². The Labute approximate surface area is 80.1 Å². The molecule has 0 saturated carbocycles. The molecular formula is C10H19N3. The third kappa shape index (κ3) is 1.91. The predicted octanol–water partition coefficient (Wildman–Crippen LogP) is 1.75. The van der Waals surface area contributed by atoms with Crippen LogP contribution in [0.3, 0.4) is 0 Å². The third-order valence-corrected chi connectivity index (χ3v) is 2.51. The van der Waals surface area contributed by atoms with Crippen molar-refractivity contribution < 1.29 is 0 Å². The summed E-state index contributed by atoms with van der Waals surface area (Å²) in [7, 11) is 1.98. The van der Waals surface area contributed by atoms with E-state index >= 15 is 0 Å². The molecule has 0 amide bonds. The first-order valence-electron chi connectivity index (χ1n) is 4.96. The van der Waals surface area contributed by atoms with Crippen LogP contribution < -0.4 is 5.32 Å². The lowest BCUT2D eigenvalue weighted by molar-refractivity contribution is 0.607. The van der Waals surface area contributed by atoms with Crippen LogP contribution in [0, 0.1) is 0 Å². The molecule has 13 heavy (non-hydrogen) atoms. The summed E-state index contributed by atoms with van der Waals surface area (Å²) in [6, 6.07) is 0.398. The van der Waals surface area contributed by atoms with E-state index in [1.54, 1.807) is 0 Å². The smallest absolute Gasteiger partial charge is 0.0540 e. The Bertz CT molecular complexity index is 265. The molecule has 1 rings (SSSR count). The molecule has 0 aromatic carbocycles. The van der Waals surface area contributed by atoms with Gasteiger partial charge in [-0.05, 0) is 27.3 Å². The maximum atomic E-state index is 4.35. The van der Waals surface area contributed by atoms with E-state index in [1.807, 2.05) is 13.2 Å². The molecule has 74 valence electrons. The topological polar surface area (TPSA) is 29.9 Å². The number of aryl methyl sites for hydroxylation is 1. The fraction of sp³-hybridized carbons (Fsp3) is 0.700. The molecule has 0 aliphatic rings. The normalized spacial score (nSPS) is 13.2. The molecule has 1 aromatic heterocycles. The summed E-state index contributed by atoms with van der Waals surface area (Å²) in [5.74, 6) is 0. The van der Waals surface area contributed by atoms with Gasteiger partial charge in [0, 0.05) is 23.8 Å². The van der Waals surface area contributed by atoms with Gasteiger partial charge >= 0.3 is 0 Å². The van der Waals surface area contributed by atoms with Gasteiger partial charge in [0.2, 0.25) is 0 Å². The first-order chi connectivity index (χ1) is 6.24. The Morgan fingerprint density at radius 2 is 2.23 bits per heavy atom. The molecule has 0 spiro atoms. The van der Waals surface area contributed by atoms with Crippen LogP contribution in [-0.2, 0) is 13.0 Å². The van der Waals surface area contributed by atoms with Gasteiger partial charge < -0.3 is 5.32 Å². The van der Waals surface area contributed by atoms with Crippen LogP contribution in [0.25, 0.3) is 0 Å². The van der Waals surface area contributed by atoms with E-state index in [1.165, 1.54) is 11.3 Å². The highest BCUT2D eigenvalue weighted by atomic mass is 15.3. The van der Waals surface area contributed by atoms with E-state index in [0.29, 0.717) is 6.04 Å². The Morgan fingerprint density at radius 1 is 1.54 bits per heavy atom. The Hall–Kier alpha value is -0.830. The van der Waals surface area contributed by atoms with Gasteiger partial charge in [-0.3, -0.25) is 4.68 Å². The van der Waals surface area contributed by atoms with Gasteiger partial charge in [0.05, 0.1) is 6.20 Å². The van der Waals surface area contributed by atoms with Crippen LogP contribution in [0.1, 0.15) is 38.1 Å². The number of hydrogen-bond donors (Lipinski definition) is 1. The number of hydrogen-bond acceptors (Lipinski definition) is 2. The Morgan fingerprint density at radius 3 is 2.69 bits per heavy atom. The second kappa shape index (κ2) is 4.42. The highest BCUT2D eigenvalue weighted by Gasteiger charge is 2.12. The lowest BCUT2D eigenvalue weighted by Crippen LogP contribution is -2.14. The summed E-state index contributed by atoms with van der Waals surface area (Å²) >= 11 is 0. The summed E-state index contributed by atoms with van der Waals surface area (Å²) in [5.41, 5.74) is 2.68. The molecule has 1 heterocycles. The molecule has 0 fully saturated rings. The van der Waals surface area contributed by atoms with E-state index in [-0.39, 0.29) is 0 Å². The quantitative estimate of drug-likeness (QED) is 0.767. The maximum absolute atomic E-state index is 4.35. The molecular weight excluding hydrogens is 162 g/mol. The number of aromatic nitrogens is 2. The molecule has 1 aromatic rings. The lowest BCUT2D eigenvalue weighted by Gasteiger charge is -2.11. The number of rotatable bonds is 4. The van der Waals surface area contributed by atoms with Gasteiger partial charge in [-0.1, -0.05) is 6.92 Å². The number of nitrogens with one attached hydrogen (secondary N) is 1. The van der Waals surface area contributed by atoms with Crippen LogP contribution >= 0.6 is 0 Å². The van der Waals surface area contributed by atoms with Crippen molar-refractivity contribution in [1.29, 1.82) is 0 Å². The maximum Gasteiger partial charge on any atom is 0.0540 e. The molecule has 0 aliphatic heterocycles. The molecule has 0 saturated heterocycles. The summed E-state index contributed by atoms with van der Waals surface area (Å²) in [6.07, 6.45) is 3.03. The van der Waals surface area contributed by atoms with Crippen molar-refractivity contribution in [3.05, 3.63) is 17.5 Å². The zero-order valence-corrected chi connectivity index (χ0v) is 8.96. The van der Waals surface area contributed by atoms with Gasteiger partial charge in [0.1, 0.15) is 0 Å². The van der Waals surface area contributed by atoms with Gasteiger partial charge in [-0.15, -0.1) is 0 Å². The van der Waals surface area contributed by atoms with Gasteiger partial charge in [-0.25, -0.2) is 0 Å². The first-order valence-corrected chi connectivity index (χ1v) is 4.96. The molecule has 1 N–H and O–H groups in total. The zero-order chi connectivity index (χ0) is 9.84.